The number of hydrogen-bond acceptors (Lipinski definition) is 4. The number of hydrogen-bond donors (Lipinski definition) is 0. The third-order valence-corrected chi connectivity index (χ3v) is 4.98. The fourth-order valence-electron chi connectivity index (χ4n) is 2.96. The van der Waals surface area contributed by atoms with Crippen LogP contribution in [0.5, 0.6) is 0 Å². The molecule has 0 aromatic carbocycles. The Morgan fingerprint density at radius 1 is 1.45 bits per heavy atom. The second kappa shape index (κ2) is 4.92. The lowest BCUT2D eigenvalue weighted by molar-refractivity contribution is 0.623. The van der Waals surface area contributed by atoms with E-state index in [0.29, 0.717) is 5.56 Å². The maximum absolute atomic E-state index is 9.45. The summed E-state index contributed by atoms with van der Waals surface area (Å²) < 4.78 is 0. The molecule has 0 saturated heterocycles. The van der Waals surface area contributed by atoms with E-state index in [1.807, 2.05) is 31.3 Å². The molecule has 3 rings (SSSR count). The van der Waals surface area contributed by atoms with Gasteiger partial charge in [0, 0.05) is 17.1 Å². The van der Waals surface area contributed by atoms with E-state index in [0.717, 1.165) is 30.0 Å². The maximum atomic E-state index is 9.45. The molecule has 1 unspecified atom stereocenters. The lowest BCUT2D eigenvalue weighted by Crippen LogP contribution is -2.34. The fourth-order valence-corrected chi connectivity index (χ4v) is 3.92. The molecular weight excluding hydrogens is 266 g/mol. The van der Waals surface area contributed by atoms with E-state index in [-0.39, 0.29) is 6.04 Å². The Kier molecular flexibility index (Phi) is 3.23. The van der Waals surface area contributed by atoms with Gasteiger partial charge in [-0.3, -0.25) is 0 Å². The molecule has 0 radical (unpaired) electrons. The third kappa shape index (κ3) is 1.99. The zero-order chi connectivity index (χ0) is 14.3. The molecular formula is C16H17N3S. The molecule has 0 fully saturated rings. The third-order valence-electron chi connectivity index (χ3n) is 3.99. The van der Waals surface area contributed by atoms with Crippen LogP contribution in [0.15, 0.2) is 17.5 Å². The van der Waals surface area contributed by atoms with Gasteiger partial charge in [0.15, 0.2) is 0 Å². The van der Waals surface area contributed by atoms with E-state index in [1.165, 1.54) is 10.4 Å². The van der Waals surface area contributed by atoms with Gasteiger partial charge >= 0.3 is 0 Å². The number of fused-ring (bicyclic) bond motifs is 1. The van der Waals surface area contributed by atoms with Crippen molar-refractivity contribution in [3.63, 3.8) is 0 Å². The van der Waals surface area contributed by atoms with Gasteiger partial charge in [-0.15, -0.1) is 11.3 Å². The Bertz CT molecular complexity index is 696. The smallest absolute Gasteiger partial charge is 0.147 e. The molecule has 0 aliphatic carbocycles. The quantitative estimate of drug-likeness (QED) is 0.800. The summed E-state index contributed by atoms with van der Waals surface area (Å²) in [5, 5.41) is 11.6. The lowest BCUT2D eigenvalue weighted by Gasteiger charge is -2.35. The van der Waals surface area contributed by atoms with Gasteiger partial charge in [-0.25, -0.2) is 4.98 Å². The van der Waals surface area contributed by atoms with Crippen LogP contribution in [-0.2, 0) is 6.42 Å². The van der Waals surface area contributed by atoms with E-state index in [1.54, 1.807) is 0 Å². The minimum absolute atomic E-state index is 0.283. The van der Waals surface area contributed by atoms with E-state index >= 15 is 0 Å². The number of rotatable bonds is 1. The normalized spacial score (nSPS) is 17.7. The molecule has 1 aliphatic heterocycles. The molecule has 0 saturated carbocycles. The zero-order valence-electron chi connectivity index (χ0n) is 12.0. The standard InChI is InChI=1S/C16H17N3S/c1-10-8-11(2)18-16(14(10)9-17)19-6-4-15-13(12(19)3)5-7-20-15/h5,7-8,12H,4,6H2,1-3H3. The molecule has 2 aromatic heterocycles. The first-order valence-electron chi connectivity index (χ1n) is 6.83. The van der Waals surface area contributed by atoms with Crippen molar-refractivity contribution >= 4 is 17.2 Å². The van der Waals surface area contributed by atoms with Crippen molar-refractivity contribution in [2.75, 3.05) is 11.4 Å². The minimum atomic E-state index is 0.283. The molecule has 0 spiro atoms. The first kappa shape index (κ1) is 13.1. The number of nitriles is 1. The Morgan fingerprint density at radius 2 is 2.25 bits per heavy atom. The molecule has 0 bridgehead atoms. The summed E-state index contributed by atoms with van der Waals surface area (Å²) in [4.78, 5) is 8.38. The van der Waals surface area contributed by atoms with Crippen LogP contribution < -0.4 is 4.90 Å². The van der Waals surface area contributed by atoms with E-state index < -0.39 is 0 Å². The summed E-state index contributed by atoms with van der Waals surface area (Å²) in [6, 6.07) is 6.79. The van der Waals surface area contributed by atoms with Gasteiger partial charge in [-0.1, -0.05) is 0 Å². The van der Waals surface area contributed by atoms with Crippen molar-refractivity contribution in [2.24, 2.45) is 0 Å². The van der Waals surface area contributed by atoms with Crippen LogP contribution in [0.3, 0.4) is 0 Å². The van der Waals surface area contributed by atoms with Crippen LogP contribution in [0.25, 0.3) is 0 Å². The van der Waals surface area contributed by atoms with Gasteiger partial charge in [0.05, 0.1) is 11.6 Å². The summed E-state index contributed by atoms with van der Waals surface area (Å²) in [6.07, 6.45) is 1.04. The van der Waals surface area contributed by atoms with Gasteiger partial charge in [0.1, 0.15) is 11.9 Å². The molecule has 2 aromatic rings. The molecule has 0 N–H and O–H groups in total. The zero-order valence-corrected chi connectivity index (χ0v) is 12.8. The highest BCUT2D eigenvalue weighted by atomic mass is 32.1. The molecule has 20 heavy (non-hydrogen) atoms. The number of aryl methyl sites for hydroxylation is 2. The molecule has 4 heteroatoms. The Balaban J connectivity index is 2.09. The van der Waals surface area contributed by atoms with Gasteiger partial charge in [0.25, 0.3) is 0 Å². The predicted molar refractivity (Wildman–Crippen MR) is 82.2 cm³/mol. The molecule has 3 nitrogen and oxygen atoms in total. The summed E-state index contributed by atoms with van der Waals surface area (Å²) in [6.45, 7) is 7.11. The van der Waals surface area contributed by atoms with Crippen molar-refractivity contribution in [1.82, 2.24) is 4.98 Å². The van der Waals surface area contributed by atoms with Crippen molar-refractivity contribution < 1.29 is 0 Å². The van der Waals surface area contributed by atoms with Crippen LogP contribution >= 0.6 is 11.3 Å². The summed E-state index contributed by atoms with van der Waals surface area (Å²) >= 11 is 1.83. The van der Waals surface area contributed by atoms with Gasteiger partial charge < -0.3 is 4.90 Å². The lowest BCUT2D eigenvalue weighted by atomic mass is 10.00. The fraction of sp³-hybridized carbons (Fsp3) is 0.375. The number of aromatic nitrogens is 1. The largest absolute Gasteiger partial charge is 0.348 e. The van der Waals surface area contributed by atoms with E-state index in [4.69, 9.17) is 0 Å². The molecule has 3 heterocycles. The van der Waals surface area contributed by atoms with Crippen LogP contribution in [0, 0.1) is 25.2 Å². The number of nitrogens with zero attached hydrogens (tertiary/aromatic N) is 3. The topological polar surface area (TPSA) is 39.9 Å². The highest BCUT2D eigenvalue weighted by Crippen LogP contribution is 2.37. The molecule has 1 aliphatic rings. The van der Waals surface area contributed by atoms with Gasteiger partial charge in [-0.05, 0) is 55.8 Å². The molecule has 0 amide bonds. The Labute approximate surface area is 123 Å². The van der Waals surface area contributed by atoms with E-state index in [2.05, 4.69) is 34.3 Å². The highest BCUT2D eigenvalue weighted by molar-refractivity contribution is 7.10. The average Bonchev–Trinajstić information content (AvgIpc) is 2.87. The molecule has 102 valence electrons. The summed E-state index contributed by atoms with van der Waals surface area (Å²) in [5.74, 6) is 0.842. The van der Waals surface area contributed by atoms with Crippen LogP contribution in [0.1, 0.15) is 40.2 Å². The maximum Gasteiger partial charge on any atom is 0.147 e. The number of anilines is 1. The molecule has 1 atom stereocenters. The summed E-state index contributed by atoms with van der Waals surface area (Å²) in [7, 11) is 0. The minimum Gasteiger partial charge on any atom is -0.348 e. The van der Waals surface area contributed by atoms with Crippen molar-refractivity contribution in [1.29, 1.82) is 5.26 Å². The van der Waals surface area contributed by atoms with Gasteiger partial charge in [0.2, 0.25) is 0 Å². The van der Waals surface area contributed by atoms with Crippen LogP contribution in [0.4, 0.5) is 5.82 Å². The van der Waals surface area contributed by atoms with Crippen molar-refractivity contribution in [3.05, 3.63) is 44.8 Å². The summed E-state index contributed by atoms with van der Waals surface area (Å²) in [5.41, 5.74) is 4.07. The monoisotopic (exact) mass is 283 g/mol. The number of thiophene rings is 1. The first-order chi connectivity index (χ1) is 9.61. The van der Waals surface area contributed by atoms with Crippen molar-refractivity contribution in [2.45, 2.75) is 33.2 Å². The SMILES string of the molecule is Cc1cc(C)c(C#N)c(N2CCc3sccc3C2C)n1. The first-order valence-corrected chi connectivity index (χ1v) is 7.71. The van der Waals surface area contributed by atoms with Gasteiger partial charge in [-0.2, -0.15) is 5.26 Å². The van der Waals surface area contributed by atoms with E-state index in [9.17, 15) is 5.26 Å². The average molecular weight is 283 g/mol. The predicted octanol–water partition coefficient (Wildman–Crippen LogP) is 3.76. The Morgan fingerprint density at radius 3 is 3.00 bits per heavy atom. The second-order valence-electron chi connectivity index (χ2n) is 5.31. The van der Waals surface area contributed by atoms with Crippen molar-refractivity contribution in [3.8, 4) is 6.07 Å². The number of pyridine rings is 1. The van der Waals surface area contributed by atoms with Crippen LogP contribution in [-0.4, -0.2) is 11.5 Å². The highest BCUT2D eigenvalue weighted by Gasteiger charge is 2.28. The Hall–Kier alpha value is -1.86. The second-order valence-corrected chi connectivity index (χ2v) is 6.31. The van der Waals surface area contributed by atoms with Crippen LogP contribution in [0.2, 0.25) is 0 Å².